The zero-order valence-corrected chi connectivity index (χ0v) is 15.8. The number of carbonyl (C=O) groups is 2. The highest BCUT2D eigenvalue weighted by atomic mass is 79.9. The summed E-state index contributed by atoms with van der Waals surface area (Å²) in [5.41, 5.74) is 2.57. The molecule has 1 aliphatic heterocycles. The first-order valence-electron chi connectivity index (χ1n) is 8.47. The van der Waals surface area contributed by atoms with Gasteiger partial charge in [0.05, 0.1) is 0 Å². The van der Waals surface area contributed by atoms with Gasteiger partial charge in [0.2, 0.25) is 5.91 Å². The average Bonchev–Trinajstić information content (AvgIpc) is 2.60. The van der Waals surface area contributed by atoms with Gasteiger partial charge in [-0.15, -0.1) is 0 Å². The number of halogens is 1. The highest BCUT2D eigenvalue weighted by Crippen LogP contribution is 2.28. The Morgan fingerprint density at radius 2 is 1.92 bits per heavy atom. The van der Waals surface area contributed by atoms with E-state index in [1.54, 1.807) is 4.90 Å². The van der Waals surface area contributed by atoms with Gasteiger partial charge in [-0.1, -0.05) is 46.3 Å². The van der Waals surface area contributed by atoms with E-state index in [0.29, 0.717) is 13.0 Å². The number of carbonyl (C=O) groups excluding carboxylic acids is 2. The zero-order valence-electron chi connectivity index (χ0n) is 14.2. The molecule has 3 rings (SSSR count). The molecule has 5 heteroatoms. The fraction of sp³-hybridized carbons (Fsp3) is 0.300. The van der Waals surface area contributed by atoms with Crippen molar-refractivity contribution in [2.24, 2.45) is 0 Å². The van der Waals surface area contributed by atoms with Crippen LogP contribution in [0.4, 0.5) is 5.69 Å². The fourth-order valence-electron chi connectivity index (χ4n) is 3.18. The van der Waals surface area contributed by atoms with Crippen LogP contribution in [0.25, 0.3) is 0 Å². The fourth-order valence-corrected chi connectivity index (χ4v) is 3.65. The third kappa shape index (κ3) is 4.10. The van der Waals surface area contributed by atoms with Crippen LogP contribution < -0.4 is 5.32 Å². The molecule has 1 aliphatic rings. The van der Waals surface area contributed by atoms with E-state index in [2.05, 4.69) is 21.2 Å². The summed E-state index contributed by atoms with van der Waals surface area (Å²) in [6, 6.07) is 14.6. The van der Waals surface area contributed by atoms with E-state index in [1.165, 1.54) is 0 Å². The van der Waals surface area contributed by atoms with Gasteiger partial charge in [-0.05, 0) is 49.1 Å². The second-order valence-electron chi connectivity index (χ2n) is 6.31. The van der Waals surface area contributed by atoms with Gasteiger partial charge < -0.3 is 10.2 Å². The van der Waals surface area contributed by atoms with Gasteiger partial charge in [-0.2, -0.15) is 0 Å². The van der Waals surface area contributed by atoms with Crippen LogP contribution in [0.3, 0.4) is 0 Å². The summed E-state index contributed by atoms with van der Waals surface area (Å²) in [5, 5.41) is 3.00. The third-order valence-corrected chi connectivity index (χ3v) is 4.97. The largest absolute Gasteiger partial charge is 0.327 e. The number of nitrogens with zero attached hydrogens (tertiary/aromatic N) is 1. The maximum Gasteiger partial charge on any atom is 0.251 e. The molecule has 1 heterocycles. The molecule has 0 radical (unpaired) electrons. The summed E-state index contributed by atoms with van der Waals surface area (Å²) in [6.45, 7) is 2.56. The number of anilines is 1. The van der Waals surface area contributed by atoms with Gasteiger partial charge in [-0.3, -0.25) is 9.59 Å². The van der Waals surface area contributed by atoms with Gasteiger partial charge in [0, 0.05) is 23.1 Å². The van der Waals surface area contributed by atoms with Crippen molar-refractivity contribution in [1.29, 1.82) is 0 Å². The number of rotatable bonds is 4. The number of hydrogen-bond acceptors (Lipinski definition) is 2. The van der Waals surface area contributed by atoms with Crippen LogP contribution in [0, 0.1) is 6.92 Å². The van der Waals surface area contributed by atoms with Gasteiger partial charge in [0.25, 0.3) is 5.91 Å². The summed E-state index contributed by atoms with van der Waals surface area (Å²) in [4.78, 5) is 27.2. The third-order valence-electron chi connectivity index (χ3n) is 4.48. The molecule has 0 saturated carbocycles. The monoisotopic (exact) mass is 400 g/mol. The van der Waals surface area contributed by atoms with Crippen molar-refractivity contribution in [1.82, 2.24) is 4.90 Å². The Bertz CT molecular complexity index is 777. The second-order valence-corrected chi connectivity index (χ2v) is 7.22. The molecule has 1 N–H and O–H groups in total. The van der Waals surface area contributed by atoms with Crippen molar-refractivity contribution in [2.45, 2.75) is 32.2 Å². The number of piperidine rings is 1. The minimum Gasteiger partial charge on any atom is -0.327 e. The number of likely N-dealkylation sites (tertiary alicyclic amines) is 1. The van der Waals surface area contributed by atoms with Crippen molar-refractivity contribution in [3.63, 3.8) is 0 Å². The Morgan fingerprint density at radius 3 is 2.60 bits per heavy atom. The van der Waals surface area contributed by atoms with E-state index in [4.69, 9.17) is 0 Å². The number of hydrogen-bond donors (Lipinski definition) is 1. The SMILES string of the molecule is Cc1cc(Br)ccc1NC(=O)C(c1ccccc1)N1CCCCC1=O. The summed E-state index contributed by atoms with van der Waals surface area (Å²) in [5.74, 6) is -0.130. The minimum absolute atomic E-state index is 0.0442. The molecule has 1 unspecified atom stereocenters. The van der Waals surface area contributed by atoms with Crippen LogP contribution in [0.2, 0.25) is 0 Å². The lowest BCUT2D eigenvalue weighted by atomic mass is 10.00. The van der Waals surface area contributed by atoms with Crippen molar-refractivity contribution >= 4 is 33.4 Å². The molecule has 130 valence electrons. The Balaban J connectivity index is 1.90. The Labute approximate surface area is 156 Å². The summed E-state index contributed by atoms with van der Waals surface area (Å²) < 4.78 is 0.966. The summed E-state index contributed by atoms with van der Waals surface area (Å²) in [7, 11) is 0. The Hall–Kier alpha value is -2.14. The Kier molecular flexibility index (Phi) is 5.53. The van der Waals surface area contributed by atoms with E-state index >= 15 is 0 Å². The summed E-state index contributed by atoms with van der Waals surface area (Å²) in [6.07, 6.45) is 2.33. The minimum atomic E-state index is -0.600. The summed E-state index contributed by atoms with van der Waals surface area (Å²) >= 11 is 3.43. The second kappa shape index (κ2) is 7.83. The lowest BCUT2D eigenvalue weighted by molar-refractivity contribution is -0.141. The van der Waals surface area contributed by atoms with Crippen LogP contribution in [0.1, 0.15) is 36.4 Å². The number of nitrogens with one attached hydrogen (secondary N) is 1. The van der Waals surface area contributed by atoms with Crippen LogP contribution in [0.15, 0.2) is 53.0 Å². The molecular formula is C20H21BrN2O2. The normalized spacial score (nSPS) is 15.8. The van der Waals surface area contributed by atoms with E-state index in [-0.39, 0.29) is 11.8 Å². The molecule has 0 aliphatic carbocycles. The molecule has 25 heavy (non-hydrogen) atoms. The van der Waals surface area contributed by atoms with Gasteiger partial charge in [0.15, 0.2) is 0 Å². The van der Waals surface area contributed by atoms with Crippen molar-refractivity contribution in [3.05, 3.63) is 64.1 Å². The van der Waals surface area contributed by atoms with Crippen molar-refractivity contribution in [3.8, 4) is 0 Å². The Morgan fingerprint density at radius 1 is 1.16 bits per heavy atom. The topological polar surface area (TPSA) is 49.4 Å². The van der Waals surface area contributed by atoms with Crippen LogP contribution in [-0.2, 0) is 9.59 Å². The van der Waals surface area contributed by atoms with Gasteiger partial charge >= 0.3 is 0 Å². The maximum atomic E-state index is 13.1. The highest BCUT2D eigenvalue weighted by Gasteiger charge is 2.32. The molecule has 1 atom stereocenters. The van der Waals surface area contributed by atoms with Crippen LogP contribution in [-0.4, -0.2) is 23.3 Å². The van der Waals surface area contributed by atoms with Crippen molar-refractivity contribution in [2.75, 3.05) is 11.9 Å². The molecule has 2 aromatic carbocycles. The van der Waals surface area contributed by atoms with Gasteiger partial charge in [0.1, 0.15) is 6.04 Å². The maximum absolute atomic E-state index is 13.1. The quantitative estimate of drug-likeness (QED) is 0.823. The molecule has 0 bridgehead atoms. The van der Waals surface area contributed by atoms with Crippen molar-refractivity contribution < 1.29 is 9.59 Å². The molecule has 1 saturated heterocycles. The predicted octanol–water partition coefficient (Wildman–Crippen LogP) is 4.45. The number of amides is 2. The number of benzene rings is 2. The zero-order chi connectivity index (χ0) is 17.8. The first kappa shape index (κ1) is 17.7. The smallest absolute Gasteiger partial charge is 0.251 e. The molecule has 2 aromatic rings. The molecule has 1 fully saturated rings. The molecular weight excluding hydrogens is 380 g/mol. The lowest BCUT2D eigenvalue weighted by Crippen LogP contribution is -2.43. The van der Waals surface area contributed by atoms with Crippen LogP contribution in [0.5, 0.6) is 0 Å². The molecule has 0 spiro atoms. The average molecular weight is 401 g/mol. The lowest BCUT2D eigenvalue weighted by Gasteiger charge is -2.34. The number of aryl methyl sites for hydroxylation is 1. The standard InChI is InChI=1S/C20H21BrN2O2/c1-14-13-16(21)10-11-17(14)22-20(25)19(15-7-3-2-4-8-15)23-12-6-5-9-18(23)24/h2-4,7-8,10-11,13,19H,5-6,9,12H2,1H3,(H,22,25). The van der Waals surface area contributed by atoms with Crippen LogP contribution >= 0.6 is 15.9 Å². The highest BCUT2D eigenvalue weighted by molar-refractivity contribution is 9.10. The van der Waals surface area contributed by atoms with Gasteiger partial charge in [-0.25, -0.2) is 0 Å². The predicted molar refractivity (Wildman–Crippen MR) is 102 cm³/mol. The molecule has 2 amide bonds. The first-order chi connectivity index (χ1) is 12.1. The van der Waals surface area contributed by atoms with E-state index in [1.807, 2.05) is 55.5 Å². The van der Waals surface area contributed by atoms with E-state index in [0.717, 1.165) is 34.1 Å². The first-order valence-corrected chi connectivity index (χ1v) is 9.27. The van der Waals surface area contributed by atoms with E-state index in [9.17, 15) is 9.59 Å². The molecule has 4 nitrogen and oxygen atoms in total. The van der Waals surface area contributed by atoms with E-state index < -0.39 is 6.04 Å². The molecule has 0 aromatic heterocycles.